The summed E-state index contributed by atoms with van der Waals surface area (Å²) in [5.74, 6) is -1.82. The van der Waals surface area contributed by atoms with Crippen LogP contribution < -0.4 is 5.32 Å². The lowest BCUT2D eigenvalue weighted by molar-refractivity contribution is -0.139. The molecule has 0 aliphatic heterocycles. The Balaban J connectivity index is 2.30. The van der Waals surface area contributed by atoms with E-state index >= 15 is 0 Å². The van der Waals surface area contributed by atoms with Crippen molar-refractivity contribution in [3.05, 3.63) is 42.0 Å². The van der Waals surface area contributed by atoms with Crippen LogP contribution in [-0.2, 0) is 4.79 Å². The number of carboxylic acid groups (broad SMARTS) is 1. The van der Waals surface area contributed by atoms with E-state index in [0.717, 1.165) is 10.8 Å². The van der Waals surface area contributed by atoms with Crippen molar-refractivity contribution in [3.8, 4) is 5.75 Å². The maximum absolute atomic E-state index is 12.2. The van der Waals surface area contributed by atoms with Gasteiger partial charge in [0.1, 0.15) is 11.8 Å². The van der Waals surface area contributed by atoms with Crippen LogP contribution in [0.5, 0.6) is 5.75 Å². The van der Waals surface area contributed by atoms with Gasteiger partial charge < -0.3 is 15.5 Å². The number of carbonyl (C=O) groups is 2. The van der Waals surface area contributed by atoms with Crippen LogP contribution in [0.15, 0.2) is 36.4 Å². The Morgan fingerprint density at radius 2 is 1.81 bits per heavy atom. The van der Waals surface area contributed by atoms with E-state index in [-0.39, 0.29) is 11.3 Å². The maximum Gasteiger partial charge on any atom is 0.326 e. The SMILES string of the molecule is CCCC(NC(=O)c1cc2ccccc2cc1O)C(=O)O. The number of aromatic hydroxyl groups is 1. The van der Waals surface area contributed by atoms with Gasteiger partial charge in [-0.05, 0) is 29.3 Å². The summed E-state index contributed by atoms with van der Waals surface area (Å²) >= 11 is 0. The molecule has 1 amide bonds. The number of hydrogen-bond donors (Lipinski definition) is 3. The van der Waals surface area contributed by atoms with Crippen LogP contribution in [0, 0.1) is 0 Å². The topological polar surface area (TPSA) is 86.6 Å². The van der Waals surface area contributed by atoms with Gasteiger partial charge >= 0.3 is 5.97 Å². The van der Waals surface area contributed by atoms with E-state index in [9.17, 15) is 14.7 Å². The van der Waals surface area contributed by atoms with Gasteiger partial charge in [-0.3, -0.25) is 4.79 Å². The molecule has 0 saturated carbocycles. The molecule has 2 rings (SSSR count). The largest absolute Gasteiger partial charge is 0.507 e. The van der Waals surface area contributed by atoms with Crippen LogP contribution in [0.4, 0.5) is 0 Å². The molecule has 5 heteroatoms. The molecule has 0 bridgehead atoms. The summed E-state index contributed by atoms with van der Waals surface area (Å²) in [6.45, 7) is 1.84. The average Bonchev–Trinajstić information content (AvgIpc) is 2.45. The quantitative estimate of drug-likeness (QED) is 0.788. The number of carboxylic acids is 1. The van der Waals surface area contributed by atoms with Gasteiger partial charge in [-0.25, -0.2) is 4.79 Å². The zero-order valence-corrected chi connectivity index (χ0v) is 11.7. The molecule has 1 atom stereocenters. The average molecular weight is 287 g/mol. The summed E-state index contributed by atoms with van der Waals surface area (Å²) in [6.07, 6.45) is 0.983. The molecule has 2 aromatic rings. The van der Waals surface area contributed by atoms with Crippen molar-refractivity contribution >= 4 is 22.6 Å². The standard InChI is InChI=1S/C16H17NO4/c1-2-5-13(16(20)21)17-15(19)12-8-10-6-3-4-7-11(10)9-14(12)18/h3-4,6-9,13,18H,2,5H2,1H3,(H,17,19)(H,20,21). The number of fused-ring (bicyclic) bond motifs is 1. The third-order valence-electron chi connectivity index (χ3n) is 3.29. The summed E-state index contributed by atoms with van der Waals surface area (Å²) in [5, 5.41) is 23.1. The number of hydrogen-bond acceptors (Lipinski definition) is 3. The first kappa shape index (κ1) is 14.8. The molecule has 0 spiro atoms. The summed E-state index contributed by atoms with van der Waals surface area (Å²) < 4.78 is 0. The summed E-state index contributed by atoms with van der Waals surface area (Å²) in [7, 11) is 0. The second-order valence-corrected chi connectivity index (χ2v) is 4.87. The van der Waals surface area contributed by atoms with Gasteiger partial charge in [0.05, 0.1) is 5.56 Å². The molecule has 0 aliphatic rings. The van der Waals surface area contributed by atoms with E-state index < -0.39 is 17.9 Å². The number of nitrogens with one attached hydrogen (secondary N) is 1. The van der Waals surface area contributed by atoms with Crippen molar-refractivity contribution in [1.82, 2.24) is 5.32 Å². The van der Waals surface area contributed by atoms with Crippen LogP contribution >= 0.6 is 0 Å². The highest BCUT2D eigenvalue weighted by Gasteiger charge is 2.21. The number of phenols is 1. The first-order valence-electron chi connectivity index (χ1n) is 6.78. The Hall–Kier alpha value is -2.56. The van der Waals surface area contributed by atoms with Crippen molar-refractivity contribution in [3.63, 3.8) is 0 Å². The molecule has 0 aliphatic carbocycles. The highest BCUT2D eigenvalue weighted by molar-refractivity contribution is 6.02. The lowest BCUT2D eigenvalue weighted by atomic mass is 10.0. The molecule has 21 heavy (non-hydrogen) atoms. The van der Waals surface area contributed by atoms with Crippen LogP contribution in [0.2, 0.25) is 0 Å². The van der Waals surface area contributed by atoms with Gasteiger partial charge in [-0.1, -0.05) is 37.6 Å². The molecule has 0 heterocycles. The molecular weight excluding hydrogens is 270 g/mol. The lowest BCUT2D eigenvalue weighted by Gasteiger charge is -2.14. The molecule has 0 fully saturated rings. The maximum atomic E-state index is 12.2. The highest BCUT2D eigenvalue weighted by Crippen LogP contribution is 2.25. The minimum atomic E-state index is -1.08. The van der Waals surface area contributed by atoms with Gasteiger partial charge in [0.25, 0.3) is 5.91 Å². The van der Waals surface area contributed by atoms with Gasteiger partial charge in [0.2, 0.25) is 0 Å². The molecule has 0 aromatic heterocycles. The van der Waals surface area contributed by atoms with E-state index in [0.29, 0.717) is 12.8 Å². The second-order valence-electron chi connectivity index (χ2n) is 4.87. The van der Waals surface area contributed by atoms with E-state index in [1.165, 1.54) is 6.07 Å². The predicted molar refractivity (Wildman–Crippen MR) is 79.4 cm³/mol. The minimum absolute atomic E-state index is 0.0797. The van der Waals surface area contributed by atoms with Gasteiger partial charge in [-0.15, -0.1) is 0 Å². The van der Waals surface area contributed by atoms with Crippen molar-refractivity contribution in [2.45, 2.75) is 25.8 Å². The fraction of sp³-hybridized carbons (Fsp3) is 0.250. The molecule has 110 valence electrons. The van der Waals surface area contributed by atoms with E-state index in [1.54, 1.807) is 6.07 Å². The predicted octanol–water partition coefficient (Wildman–Crippen LogP) is 2.53. The number of carbonyl (C=O) groups excluding carboxylic acids is 1. The first-order valence-corrected chi connectivity index (χ1v) is 6.78. The summed E-state index contributed by atoms with van der Waals surface area (Å²) in [6, 6.07) is 9.43. The van der Waals surface area contributed by atoms with Crippen LogP contribution in [-0.4, -0.2) is 28.1 Å². The molecular formula is C16H17NO4. The summed E-state index contributed by atoms with van der Waals surface area (Å²) in [4.78, 5) is 23.2. The first-order chi connectivity index (χ1) is 10.0. The number of amides is 1. The third kappa shape index (κ3) is 3.31. The number of aliphatic carboxylic acids is 1. The number of phenolic OH excluding ortho intramolecular Hbond substituents is 1. The summed E-state index contributed by atoms with van der Waals surface area (Å²) in [5.41, 5.74) is 0.0797. The third-order valence-corrected chi connectivity index (χ3v) is 3.29. The van der Waals surface area contributed by atoms with Crippen LogP contribution in [0.25, 0.3) is 10.8 Å². The zero-order chi connectivity index (χ0) is 15.4. The Kier molecular flexibility index (Phi) is 4.42. The Morgan fingerprint density at radius 3 is 2.38 bits per heavy atom. The Morgan fingerprint density at radius 1 is 1.19 bits per heavy atom. The van der Waals surface area contributed by atoms with Gasteiger partial charge in [0.15, 0.2) is 0 Å². The van der Waals surface area contributed by atoms with Crippen molar-refractivity contribution < 1.29 is 19.8 Å². The van der Waals surface area contributed by atoms with E-state index in [4.69, 9.17) is 5.11 Å². The van der Waals surface area contributed by atoms with E-state index in [2.05, 4.69) is 5.32 Å². The Bertz CT molecular complexity index is 681. The normalized spacial score (nSPS) is 12.0. The molecule has 5 nitrogen and oxygen atoms in total. The molecule has 0 radical (unpaired) electrons. The Labute approximate surface area is 122 Å². The van der Waals surface area contributed by atoms with Crippen molar-refractivity contribution in [2.75, 3.05) is 0 Å². The van der Waals surface area contributed by atoms with Crippen molar-refractivity contribution in [2.24, 2.45) is 0 Å². The molecule has 3 N–H and O–H groups in total. The molecule has 0 saturated heterocycles. The second kappa shape index (κ2) is 6.26. The van der Waals surface area contributed by atoms with Crippen molar-refractivity contribution in [1.29, 1.82) is 0 Å². The smallest absolute Gasteiger partial charge is 0.326 e. The minimum Gasteiger partial charge on any atom is -0.507 e. The molecule has 2 aromatic carbocycles. The zero-order valence-electron chi connectivity index (χ0n) is 11.7. The fourth-order valence-electron chi connectivity index (χ4n) is 2.19. The van der Waals surface area contributed by atoms with Gasteiger partial charge in [-0.2, -0.15) is 0 Å². The number of benzene rings is 2. The number of rotatable bonds is 5. The monoisotopic (exact) mass is 287 g/mol. The lowest BCUT2D eigenvalue weighted by Crippen LogP contribution is -2.40. The highest BCUT2D eigenvalue weighted by atomic mass is 16.4. The van der Waals surface area contributed by atoms with Crippen LogP contribution in [0.3, 0.4) is 0 Å². The fourth-order valence-corrected chi connectivity index (χ4v) is 2.19. The van der Waals surface area contributed by atoms with Gasteiger partial charge in [0, 0.05) is 0 Å². The van der Waals surface area contributed by atoms with Crippen LogP contribution in [0.1, 0.15) is 30.1 Å². The molecule has 1 unspecified atom stereocenters. The van der Waals surface area contributed by atoms with E-state index in [1.807, 2.05) is 31.2 Å².